The smallest absolute Gasteiger partial charge is 0.308 e. The Morgan fingerprint density at radius 1 is 1.23 bits per heavy atom. The zero-order valence-electron chi connectivity index (χ0n) is 13.9. The van der Waals surface area contributed by atoms with Gasteiger partial charge in [-0.05, 0) is 18.8 Å². The number of carboxylic acid groups (broad SMARTS) is 1. The lowest BCUT2D eigenvalue weighted by Gasteiger charge is -2.35. The molecule has 0 heterocycles. The fraction of sp³-hybridized carbons (Fsp3) is 0.800. The van der Waals surface area contributed by atoms with Gasteiger partial charge in [-0.25, -0.2) is 0 Å². The molecule has 1 aliphatic carbocycles. The van der Waals surface area contributed by atoms with Crippen LogP contribution in [0.3, 0.4) is 0 Å². The van der Waals surface area contributed by atoms with Gasteiger partial charge in [0.1, 0.15) is 0 Å². The molecule has 0 aromatic carbocycles. The summed E-state index contributed by atoms with van der Waals surface area (Å²) >= 11 is 0. The van der Waals surface area contributed by atoms with E-state index in [0.717, 1.165) is 12.8 Å². The minimum atomic E-state index is -0.882. The fourth-order valence-electron chi connectivity index (χ4n) is 3.76. The first kappa shape index (κ1) is 18.5. The fourth-order valence-corrected chi connectivity index (χ4v) is 3.76. The summed E-state index contributed by atoms with van der Waals surface area (Å²) < 4.78 is 0. The largest absolute Gasteiger partial charge is 0.481 e. The van der Waals surface area contributed by atoms with Crippen LogP contribution in [0.5, 0.6) is 0 Å². The van der Waals surface area contributed by atoms with E-state index in [-0.39, 0.29) is 29.6 Å². The zero-order chi connectivity index (χ0) is 16.9. The van der Waals surface area contributed by atoms with Crippen molar-refractivity contribution in [3.8, 4) is 0 Å². The highest BCUT2D eigenvalue weighted by Crippen LogP contribution is 2.37. The van der Waals surface area contributed by atoms with Crippen molar-refractivity contribution in [3.63, 3.8) is 0 Å². The van der Waals surface area contributed by atoms with Crippen LogP contribution in [0, 0.1) is 17.8 Å². The van der Waals surface area contributed by atoms with Crippen LogP contribution in [0.1, 0.15) is 46.5 Å². The van der Waals surface area contributed by atoms with E-state index in [9.17, 15) is 19.5 Å². The van der Waals surface area contributed by atoms with E-state index in [1.165, 1.54) is 14.8 Å². The monoisotopic (exact) mass is 310 g/mol. The second-order valence-corrected chi connectivity index (χ2v) is 6.22. The van der Waals surface area contributed by atoms with Gasteiger partial charge in [-0.1, -0.05) is 26.7 Å². The number of carbonyl (C=O) groups is 3. The van der Waals surface area contributed by atoms with Gasteiger partial charge in [-0.15, -0.1) is 0 Å². The molecule has 3 N–H and O–H groups in total. The third-order valence-corrected chi connectivity index (χ3v) is 4.78. The molecule has 4 atom stereocenters. The molecule has 1 fully saturated rings. The number of carboxylic acids is 1. The van der Waals surface area contributed by atoms with E-state index in [1.54, 1.807) is 0 Å². The Kier molecular flexibility index (Phi) is 6.90. The van der Waals surface area contributed by atoms with E-state index in [4.69, 9.17) is 0 Å². The molecule has 0 saturated heterocycles. The molecule has 0 radical (unpaired) electrons. The summed E-state index contributed by atoms with van der Waals surface area (Å²) in [5.74, 6) is -1.57. The van der Waals surface area contributed by atoms with Crippen molar-refractivity contribution in [2.24, 2.45) is 17.8 Å². The van der Waals surface area contributed by atoms with E-state index in [1.807, 2.05) is 0 Å². The van der Waals surface area contributed by atoms with Gasteiger partial charge in [0.2, 0.25) is 13.8 Å². The lowest BCUT2D eigenvalue weighted by Crippen LogP contribution is -2.53. The maximum Gasteiger partial charge on any atom is 0.308 e. The van der Waals surface area contributed by atoms with Crippen molar-refractivity contribution in [1.82, 2.24) is 10.6 Å². The lowest BCUT2D eigenvalue weighted by atomic mass is 9.80. The molecule has 0 aromatic heterocycles. The molecule has 1 aliphatic rings. The molecule has 6 nitrogen and oxygen atoms in total. The molecule has 0 aliphatic heterocycles. The summed E-state index contributed by atoms with van der Waals surface area (Å²) in [5, 5.41) is 15.2. The molecule has 0 bridgehead atoms. The summed E-state index contributed by atoms with van der Waals surface area (Å²) in [4.78, 5) is 34.5. The SMILES string of the molecule is BC(=O)N[C@H]1[C@@H]([C@H](NC(C)=O)C(CC)CC)CC[C@@H]1C(=O)O. The zero-order valence-corrected chi connectivity index (χ0v) is 13.9. The molecule has 0 unspecified atom stereocenters. The molecular weight excluding hydrogens is 283 g/mol. The Morgan fingerprint density at radius 3 is 2.23 bits per heavy atom. The van der Waals surface area contributed by atoms with Gasteiger partial charge in [0, 0.05) is 24.9 Å². The van der Waals surface area contributed by atoms with Crippen LogP contribution >= 0.6 is 0 Å². The number of rotatable bonds is 7. The van der Waals surface area contributed by atoms with Crippen LogP contribution in [-0.2, 0) is 9.59 Å². The third-order valence-electron chi connectivity index (χ3n) is 4.78. The molecule has 0 aromatic rings. The Balaban J connectivity index is 3.06. The highest BCUT2D eigenvalue weighted by atomic mass is 16.4. The quantitative estimate of drug-likeness (QED) is 0.605. The topological polar surface area (TPSA) is 95.5 Å². The average Bonchev–Trinajstić information content (AvgIpc) is 2.81. The van der Waals surface area contributed by atoms with Crippen molar-refractivity contribution in [2.75, 3.05) is 0 Å². The molecule has 2 amide bonds. The van der Waals surface area contributed by atoms with Crippen molar-refractivity contribution >= 4 is 25.5 Å². The predicted molar refractivity (Wildman–Crippen MR) is 86.4 cm³/mol. The van der Waals surface area contributed by atoms with Gasteiger partial charge in [0.15, 0.2) is 5.81 Å². The number of amides is 2. The van der Waals surface area contributed by atoms with Crippen molar-refractivity contribution in [2.45, 2.75) is 58.5 Å². The highest BCUT2D eigenvalue weighted by molar-refractivity contribution is 6.57. The first-order valence-electron chi connectivity index (χ1n) is 8.08. The minimum absolute atomic E-state index is 0.0428. The van der Waals surface area contributed by atoms with Crippen LogP contribution in [0.2, 0.25) is 0 Å². The molecule has 1 rings (SSSR count). The normalized spacial score (nSPS) is 25.7. The highest BCUT2D eigenvalue weighted by Gasteiger charge is 2.45. The summed E-state index contributed by atoms with van der Waals surface area (Å²) in [7, 11) is 1.40. The Labute approximate surface area is 132 Å². The first-order valence-corrected chi connectivity index (χ1v) is 8.08. The standard InChI is InChI=1S/C15H27BN2O4/c1-4-9(5-2)12(17-8(3)19)10-6-7-11(14(20)21)13(10)18-15(16)22/h9-13H,4-7,16H2,1-3H3,(H,17,19)(H,18,22)(H,20,21)/t10-,11+,12-,13+/m1/s1. The Hall–Kier alpha value is -1.53. The molecule has 22 heavy (non-hydrogen) atoms. The number of hydrogen-bond donors (Lipinski definition) is 3. The van der Waals surface area contributed by atoms with Crippen molar-refractivity contribution < 1.29 is 19.5 Å². The van der Waals surface area contributed by atoms with E-state index >= 15 is 0 Å². The number of aliphatic carboxylic acids is 1. The van der Waals surface area contributed by atoms with Gasteiger partial charge < -0.3 is 15.7 Å². The van der Waals surface area contributed by atoms with Gasteiger partial charge >= 0.3 is 5.97 Å². The average molecular weight is 310 g/mol. The second-order valence-electron chi connectivity index (χ2n) is 6.22. The Morgan fingerprint density at radius 2 is 1.82 bits per heavy atom. The molecule has 1 saturated carbocycles. The van der Waals surface area contributed by atoms with Crippen molar-refractivity contribution in [3.05, 3.63) is 0 Å². The summed E-state index contributed by atoms with van der Waals surface area (Å²) in [6.45, 7) is 5.62. The van der Waals surface area contributed by atoms with Gasteiger partial charge in [0.25, 0.3) is 0 Å². The maximum atomic E-state index is 11.6. The van der Waals surface area contributed by atoms with E-state index in [0.29, 0.717) is 12.8 Å². The van der Waals surface area contributed by atoms with Crippen LogP contribution in [0.4, 0.5) is 4.79 Å². The van der Waals surface area contributed by atoms with Gasteiger partial charge in [-0.3, -0.25) is 14.4 Å². The summed E-state index contributed by atoms with van der Waals surface area (Å²) in [6.07, 6.45) is 3.04. The first-order chi connectivity index (χ1) is 10.3. The molecule has 0 spiro atoms. The second kappa shape index (κ2) is 8.20. The van der Waals surface area contributed by atoms with Crippen molar-refractivity contribution in [1.29, 1.82) is 0 Å². The van der Waals surface area contributed by atoms with E-state index < -0.39 is 17.9 Å². The summed E-state index contributed by atoms with van der Waals surface area (Å²) in [5.41, 5.74) is 0. The third kappa shape index (κ3) is 4.48. The van der Waals surface area contributed by atoms with Crippen LogP contribution in [-0.4, -0.2) is 42.7 Å². The lowest BCUT2D eigenvalue weighted by molar-refractivity contribution is -0.142. The molecular formula is C15H27BN2O4. The molecule has 124 valence electrons. The predicted octanol–water partition coefficient (Wildman–Crippen LogP) is 0.749. The number of hydrogen-bond acceptors (Lipinski definition) is 3. The maximum absolute atomic E-state index is 11.6. The van der Waals surface area contributed by atoms with Crippen LogP contribution < -0.4 is 10.6 Å². The Bertz CT molecular complexity index is 426. The molecule has 7 heteroatoms. The summed E-state index contributed by atoms with van der Waals surface area (Å²) in [6, 6.07) is -0.527. The number of carbonyl (C=O) groups excluding carboxylic acids is 2. The number of nitrogens with one attached hydrogen (secondary N) is 2. The van der Waals surface area contributed by atoms with Crippen LogP contribution in [0.25, 0.3) is 0 Å². The van der Waals surface area contributed by atoms with E-state index in [2.05, 4.69) is 24.5 Å². The van der Waals surface area contributed by atoms with Gasteiger partial charge in [0.05, 0.1) is 5.92 Å². The van der Waals surface area contributed by atoms with Crippen LogP contribution in [0.15, 0.2) is 0 Å². The van der Waals surface area contributed by atoms with Gasteiger partial charge in [-0.2, -0.15) is 0 Å². The minimum Gasteiger partial charge on any atom is -0.481 e.